The zero-order valence-electron chi connectivity index (χ0n) is 19.7. The van der Waals surface area contributed by atoms with Crippen molar-refractivity contribution in [1.82, 2.24) is 19.9 Å². The number of thiazole rings is 1. The number of aliphatic carboxylic acids is 1. The van der Waals surface area contributed by atoms with Gasteiger partial charge in [0.25, 0.3) is 5.91 Å². The van der Waals surface area contributed by atoms with Crippen molar-refractivity contribution in [2.75, 3.05) is 12.0 Å². The number of carboxylic acids is 1. The second kappa shape index (κ2) is 12.3. The fraction of sp³-hybridized carbons (Fsp3) is 0.185. The summed E-state index contributed by atoms with van der Waals surface area (Å²) in [5.74, 6) is -0.801. The van der Waals surface area contributed by atoms with E-state index >= 15 is 0 Å². The van der Waals surface area contributed by atoms with E-state index in [9.17, 15) is 14.7 Å². The molecule has 0 aliphatic heterocycles. The molecule has 1 atom stereocenters. The van der Waals surface area contributed by atoms with Crippen LogP contribution < -0.4 is 5.32 Å². The zero-order valence-corrected chi connectivity index (χ0v) is 21.3. The first-order valence-corrected chi connectivity index (χ1v) is 13.6. The maximum Gasteiger partial charge on any atom is 0.326 e. The first-order chi connectivity index (χ1) is 17.5. The topological polar surface area (TPSA) is 97.1 Å². The molecule has 2 aromatic carbocycles. The van der Waals surface area contributed by atoms with Crippen LogP contribution in [0.3, 0.4) is 0 Å². The molecule has 0 radical (unpaired) electrons. The number of rotatable bonds is 11. The average Bonchev–Trinajstić information content (AvgIpc) is 3.61. The van der Waals surface area contributed by atoms with Crippen molar-refractivity contribution >= 4 is 46.6 Å². The number of thioether (sulfide) groups is 1. The van der Waals surface area contributed by atoms with Crippen LogP contribution in [0.1, 0.15) is 27.3 Å². The number of hydrogen-bond donors (Lipinski definition) is 2. The van der Waals surface area contributed by atoms with Gasteiger partial charge in [0.2, 0.25) is 0 Å². The molecular formula is C27H26N4O3S2. The van der Waals surface area contributed by atoms with Gasteiger partial charge in [-0.3, -0.25) is 4.79 Å². The van der Waals surface area contributed by atoms with Crippen LogP contribution in [-0.4, -0.2) is 49.6 Å². The largest absolute Gasteiger partial charge is 0.480 e. The Morgan fingerprint density at radius 3 is 2.69 bits per heavy atom. The molecule has 4 aromatic rings. The van der Waals surface area contributed by atoms with Gasteiger partial charge in [-0.15, -0.1) is 11.3 Å². The molecule has 2 heterocycles. The summed E-state index contributed by atoms with van der Waals surface area (Å²) in [5.41, 5.74) is 3.96. The number of benzene rings is 2. The molecule has 0 aliphatic carbocycles. The minimum Gasteiger partial charge on any atom is -0.480 e. The van der Waals surface area contributed by atoms with Crippen LogP contribution in [0.15, 0.2) is 78.8 Å². The van der Waals surface area contributed by atoms with Crippen LogP contribution in [0.5, 0.6) is 0 Å². The van der Waals surface area contributed by atoms with E-state index in [1.165, 1.54) is 0 Å². The van der Waals surface area contributed by atoms with Gasteiger partial charge < -0.3 is 15.0 Å². The second-order valence-electron chi connectivity index (χ2n) is 8.06. The van der Waals surface area contributed by atoms with Crippen LogP contribution >= 0.6 is 23.1 Å². The third kappa shape index (κ3) is 6.50. The molecule has 4 rings (SSSR count). The fourth-order valence-corrected chi connectivity index (χ4v) is 4.89. The standard InChI is InChI=1S/C27H26N4O3S2/c1-35-13-9-24(27(33)34)30-25(32)22-8-7-19(16-23(22)20-5-3-2-4-6-20)15-21(26-29-11-14-36-26)17-31-12-10-28-18-31/h2-8,10-12,14-16,18,24H,9,13,17H2,1H3,(H,30,32)(H,33,34)/t24-/m0/s1. The summed E-state index contributed by atoms with van der Waals surface area (Å²) in [6.07, 6.45) is 11.5. The Balaban J connectivity index is 1.72. The normalized spacial score (nSPS) is 12.3. The molecule has 0 aliphatic rings. The number of carbonyl (C=O) groups is 2. The molecule has 1 amide bonds. The highest BCUT2D eigenvalue weighted by atomic mass is 32.2. The van der Waals surface area contributed by atoms with E-state index in [0.717, 1.165) is 27.3 Å². The van der Waals surface area contributed by atoms with Gasteiger partial charge in [0, 0.05) is 35.1 Å². The summed E-state index contributed by atoms with van der Waals surface area (Å²) < 4.78 is 1.98. The maximum absolute atomic E-state index is 13.2. The predicted molar refractivity (Wildman–Crippen MR) is 146 cm³/mol. The Kier molecular flexibility index (Phi) is 8.70. The lowest BCUT2D eigenvalue weighted by Gasteiger charge is -2.17. The Morgan fingerprint density at radius 1 is 1.19 bits per heavy atom. The number of nitrogens with one attached hydrogen (secondary N) is 1. The summed E-state index contributed by atoms with van der Waals surface area (Å²) in [6, 6.07) is 14.3. The minimum atomic E-state index is -1.04. The predicted octanol–water partition coefficient (Wildman–Crippen LogP) is 5.18. The number of nitrogens with zero attached hydrogens (tertiary/aromatic N) is 3. The van der Waals surface area contributed by atoms with Gasteiger partial charge in [0.15, 0.2) is 0 Å². The molecule has 0 fully saturated rings. The van der Waals surface area contributed by atoms with E-state index in [1.54, 1.807) is 47.9 Å². The van der Waals surface area contributed by atoms with E-state index < -0.39 is 17.9 Å². The Labute approximate surface area is 217 Å². The summed E-state index contributed by atoms with van der Waals surface area (Å²) in [6.45, 7) is 0.603. The summed E-state index contributed by atoms with van der Waals surface area (Å²) in [5, 5.41) is 15.1. The molecule has 2 N–H and O–H groups in total. The van der Waals surface area contributed by atoms with E-state index in [2.05, 4.69) is 21.4 Å². The molecule has 0 saturated carbocycles. The van der Waals surface area contributed by atoms with Crippen molar-refractivity contribution in [2.24, 2.45) is 0 Å². The molecule has 0 spiro atoms. The first-order valence-electron chi connectivity index (χ1n) is 11.3. The highest BCUT2D eigenvalue weighted by Crippen LogP contribution is 2.28. The van der Waals surface area contributed by atoms with Crippen molar-refractivity contribution in [1.29, 1.82) is 0 Å². The second-order valence-corrected chi connectivity index (χ2v) is 9.94. The third-order valence-electron chi connectivity index (χ3n) is 5.55. The first kappa shape index (κ1) is 25.4. The highest BCUT2D eigenvalue weighted by molar-refractivity contribution is 7.98. The van der Waals surface area contributed by atoms with Crippen LogP contribution in [0, 0.1) is 0 Å². The summed E-state index contributed by atoms with van der Waals surface area (Å²) in [7, 11) is 0. The monoisotopic (exact) mass is 518 g/mol. The van der Waals surface area contributed by atoms with Crippen LogP contribution in [0.2, 0.25) is 0 Å². The lowest BCUT2D eigenvalue weighted by Crippen LogP contribution is -2.41. The van der Waals surface area contributed by atoms with E-state index in [4.69, 9.17) is 0 Å². The average molecular weight is 519 g/mol. The van der Waals surface area contributed by atoms with Crippen molar-refractivity contribution < 1.29 is 14.7 Å². The molecule has 0 unspecified atom stereocenters. The Morgan fingerprint density at radius 2 is 2.03 bits per heavy atom. The molecule has 9 heteroatoms. The fourth-order valence-electron chi connectivity index (χ4n) is 3.77. The number of allylic oxidation sites excluding steroid dienone is 1. The Hall–Kier alpha value is -3.69. The lowest BCUT2D eigenvalue weighted by atomic mass is 9.95. The Bertz CT molecular complexity index is 1320. The number of aromatic nitrogens is 3. The summed E-state index contributed by atoms with van der Waals surface area (Å²) in [4.78, 5) is 33.6. The van der Waals surface area contributed by atoms with Crippen LogP contribution in [-0.2, 0) is 11.3 Å². The molecule has 0 saturated heterocycles. The van der Waals surface area contributed by atoms with E-state index in [-0.39, 0.29) is 0 Å². The van der Waals surface area contributed by atoms with Gasteiger partial charge >= 0.3 is 5.97 Å². The number of imidazole rings is 1. The van der Waals surface area contributed by atoms with Gasteiger partial charge in [-0.05, 0) is 53.3 Å². The third-order valence-corrected chi connectivity index (χ3v) is 7.04. The van der Waals surface area contributed by atoms with E-state index in [1.807, 2.05) is 64.9 Å². The molecular weight excluding hydrogens is 492 g/mol. The van der Waals surface area contributed by atoms with Crippen molar-refractivity contribution in [3.8, 4) is 11.1 Å². The number of amides is 1. The number of carboxylic acid groups (broad SMARTS) is 1. The molecule has 7 nitrogen and oxygen atoms in total. The van der Waals surface area contributed by atoms with Gasteiger partial charge in [-0.2, -0.15) is 11.8 Å². The molecule has 2 aromatic heterocycles. The number of hydrogen-bond acceptors (Lipinski definition) is 6. The number of carbonyl (C=O) groups excluding carboxylic acids is 1. The smallest absolute Gasteiger partial charge is 0.326 e. The van der Waals surface area contributed by atoms with Crippen LogP contribution in [0.25, 0.3) is 22.8 Å². The zero-order chi connectivity index (χ0) is 25.3. The summed E-state index contributed by atoms with van der Waals surface area (Å²) >= 11 is 3.11. The van der Waals surface area contributed by atoms with Gasteiger partial charge in [0.05, 0.1) is 12.9 Å². The molecule has 0 bridgehead atoms. The quantitative estimate of drug-likeness (QED) is 0.284. The van der Waals surface area contributed by atoms with Crippen LogP contribution in [0.4, 0.5) is 0 Å². The van der Waals surface area contributed by atoms with Crippen molar-refractivity contribution in [3.05, 3.63) is 95.0 Å². The van der Waals surface area contributed by atoms with Crippen molar-refractivity contribution in [3.63, 3.8) is 0 Å². The molecule has 36 heavy (non-hydrogen) atoms. The van der Waals surface area contributed by atoms with Gasteiger partial charge in [0.1, 0.15) is 11.0 Å². The van der Waals surface area contributed by atoms with E-state index in [0.29, 0.717) is 24.3 Å². The minimum absolute atomic E-state index is 0.356. The van der Waals surface area contributed by atoms with Crippen molar-refractivity contribution in [2.45, 2.75) is 19.0 Å². The van der Waals surface area contributed by atoms with Gasteiger partial charge in [-0.1, -0.05) is 36.4 Å². The highest BCUT2D eigenvalue weighted by Gasteiger charge is 2.22. The van der Waals surface area contributed by atoms with Gasteiger partial charge in [-0.25, -0.2) is 14.8 Å². The lowest BCUT2D eigenvalue weighted by molar-refractivity contribution is -0.139. The SMILES string of the molecule is CSCC[C@H](NC(=O)c1ccc(C=C(Cn2ccnc2)c2nccs2)cc1-c1ccccc1)C(=O)O. The molecule has 184 valence electrons. The maximum atomic E-state index is 13.2.